The monoisotopic (exact) mass is 547 g/mol. The summed E-state index contributed by atoms with van der Waals surface area (Å²) in [5.74, 6) is -0.893. The molecule has 0 aromatic heterocycles. The standard InChI is InChI=1S/C26H27Cl2N3O4S/c1-19(26(33)29-2)30(16-15-20-9-5-3-6-10-20)25(32)18-31(21-13-14-23(27)24(28)17-21)36(34,35)22-11-7-4-8-12-22/h3-14,17,19H,15-16,18H2,1-2H3,(H,29,33). The number of hydrogen-bond acceptors (Lipinski definition) is 4. The number of benzene rings is 3. The molecule has 0 aliphatic heterocycles. The second-order valence-corrected chi connectivity index (χ2v) is 10.7. The molecular weight excluding hydrogens is 521 g/mol. The highest BCUT2D eigenvalue weighted by Gasteiger charge is 2.32. The molecule has 0 saturated heterocycles. The van der Waals surface area contributed by atoms with Crippen molar-refractivity contribution in [1.82, 2.24) is 10.2 Å². The maximum absolute atomic E-state index is 13.6. The molecule has 1 unspecified atom stereocenters. The maximum Gasteiger partial charge on any atom is 0.264 e. The molecule has 0 saturated carbocycles. The molecule has 0 radical (unpaired) electrons. The number of sulfonamides is 1. The van der Waals surface area contributed by atoms with E-state index in [9.17, 15) is 18.0 Å². The molecule has 0 aliphatic rings. The van der Waals surface area contributed by atoms with Crippen LogP contribution in [-0.4, -0.2) is 51.3 Å². The summed E-state index contributed by atoms with van der Waals surface area (Å²) in [4.78, 5) is 27.5. The average Bonchev–Trinajstić information content (AvgIpc) is 2.89. The van der Waals surface area contributed by atoms with Crippen LogP contribution in [0.25, 0.3) is 0 Å². The van der Waals surface area contributed by atoms with Crippen LogP contribution in [0, 0.1) is 0 Å². The molecule has 1 N–H and O–H groups in total. The quantitative estimate of drug-likeness (QED) is 0.407. The fraction of sp³-hybridized carbons (Fsp3) is 0.231. The van der Waals surface area contributed by atoms with Gasteiger partial charge in [-0.1, -0.05) is 71.7 Å². The van der Waals surface area contributed by atoms with Gasteiger partial charge in [-0.3, -0.25) is 13.9 Å². The summed E-state index contributed by atoms with van der Waals surface area (Å²) in [5.41, 5.74) is 1.16. The Balaban J connectivity index is 1.98. The molecule has 0 aliphatic carbocycles. The van der Waals surface area contributed by atoms with Gasteiger partial charge in [-0.2, -0.15) is 0 Å². The zero-order chi connectivity index (χ0) is 26.3. The third-order valence-electron chi connectivity index (χ3n) is 5.70. The van der Waals surface area contributed by atoms with Crippen LogP contribution < -0.4 is 9.62 Å². The van der Waals surface area contributed by atoms with E-state index in [1.807, 2.05) is 30.3 Å². The molecule has 0 spiro atoms. The number of carbonyl (C=O) groups excluding carboxylic acids is 2. The Labute approximate surface area is 221 Å². The third kappa shape index (κ3) is 6.57. The Bertz CT molecular complexity index is 1310. The number of halogens is 2. The number of nitrogens with one attached hydrogen (secondary N) is 1. The van der Waals surface area contributed by atoms with Crippen LogP contribution in [0.5, 0.6) is 0 Å². The van der Waals surface area contributed by atoms with E-state index in [4.69, 9.17) is 23.2 Å². The van der Waals surface area contributed by atoms with Crippen molar-refractivity contribution in [3.63, 3.8) is 0 Å². The van der Waals surface area contributed by atoms with E-state index in [1.165, 1.54) is 42.3 Å². The lowest BCUT2D eigenvalue weighted by Crippen LogP contribution is -2.51. The van der Waals surface area contributed by atoms with Gasteiger partial charge >= 0.3 is 0 Å². The highest BCUT2D eigenvalue weighted by Crippen LogP contribution is 2.30. The van der Waals surface area contributed by atoms with Crippen LogP contribution in [0.1, 0.15) is 12.5 Å². The van der Waals surface area contributed by atoms with Crippen molar-refractivity contribution >= 4 is 50.7 Å². The molecule has 3 rings (SSSR count). The van der Waals surface area contributed by atoms with Crippen molar-refractivity contribution in [3.8, 4) is 0 Å². The molecule has 7 nitrogen and oxygen atoms in total. The van der Waals surface area contributed by atoms with E-state index in [2.05, 4.69) is 5.32 Å². The van der Waals surface area contributed by atoms with Gasteiger partial charge < -0.3 is 10.2 Å². The highest BCUT2D eigenvalue weighted by molar-refractivity contribution is 7.92. The predicted octanol–water partition coefficient (Wildman–Crippen LogP) is 4.39. The van der Waals surface area contributed by atoms with Crippen LogP contribution in [-0.2, 0) is 26.0 Å². The Kier molecular flexibility index (Phi) is 9.37. The Morgan fingerprint density at radius 1 is 0.917 bits per heavy atom. The molecule has 190 valence electrons. The van der Waals surface area contributed by atoms with Gasteiger partial charge in [0, 0.05) is 13.6 Å². The second-order valence-electron chi connectivity index (χ2n) is 8.04. The smallest absolute Gasteiger partial charge is 0.264 e. The first-order valence-corrected chi connectivity index (χ1v) is 13.4. The van der Waals surface area contributed by atoms with E-state index in [0.29, 0.717) is 6.42 Å². The summed E-state index contributed by atoms with van der Waals surface area (Å²) < 4.78 is 28.2. The second kappa shape index (κ2) is 12.3. The van der Waals surface area contributed by atoms with E-state index < -0.39 is 28.5 Å². The summed E-state index contributed by atoms with van der Waals surface area (Å²) >= 11 is 12.2. The first kappa shape index (κ1) is 27.5. The fourth-order valence-electron chi connectivity index (χ4n) is 3.67. The number of rotatable bonds is 10. The summed E-state index contributed by atoms with van der Waals surface area (Å²) in [6.45, 7) is 1.29. The van der Waals surface area contributed by atoms with Crippen LogP contribution >= 0.6 is 23.2 Å². The molecular formula is C26H27Cl2N3O4S. The van der Waals surface area contributed by atoms with Gasteiger partial charge in [0.05, 0.1) is 20.6 Å². The third-order valence-corrected chi connectivity index (χ3v) is 8.23. The van der Waals surface area contributed by atoms with E-state index in [1.54, 1.807) is 25.1 Å². The van der Waals surface area contributed by atoms with Crippen molar-refractivity contribution in [2.75, 3.05) is 24.4 Å². The molecule has 2 amide bonds. The summed E-state index contributed by atoms with van der Waals surface area (Å²) in [5, 5.41) is 2.96. The molecule has 3 aromatic rings. The minimum Gasteiger partial charge on any atom is -0.357 e. The van der Waals surface area contributed by atoms with Crippen LogP contribution in [0.15, 0.2) is 83.8 Å². The van der Waals surface area contributed by atoms with Gasteiger partial charge in [0.15, 0.2) is 0 Å². The lowest BCUT2D eigenvalue weighted by atomic mass is 10.1. The minimum atomic E-state index is -4.15. The van der Waals surface area contributed by atoms with Gasteiger partial charge in [0.25, 0.3) is 10.0 Å². The van der Waals surface area contributed by atoms with Crippen molar-refractivity contribution < 1.29 is 18.0 Å². The van der Waals surface area contributed by atoms with E-state index in [-0.39, 0.29) is 33.1 Å². The Hall–Kier alpha value is -3.07. The normalized spacial score (nSPS) is 12.0. The number of anilines is 1. The van der Waals surface area contributed by atoms with Gasteiger partial charge in [0.2, 0.25) is 11.8 Å². The number of amides is 2. The highest BCUT2D eigenvalue weighted by atomic mass is 35.5. The largest absolute Gasteiger partial charge is 0.357 e. The van der Waals surface area contributed by atoms with Crippen molar-refractivity contribution in [3.05, 3.63) is 94.5 Å². The molecule has 36 heavy (non-hydrogen) atoms. The van der Waals surface area contributed by atoms with Gasteiger partial charge in [-0.15, -0.1) is 0 Å². The molecule has 0 fully saturated rings. The first-order chi connectivity index (χ1) is 17.1. The first-order valence-electron chi connectivity index (χ1n) is 11.2. The number of hydrogen-bond donors (Lipinski definition) is 1. The van der Waals surface area contributed by atoms with Crippen LogP contribution in [0.3, 0.4) is 0 Å². The average molecular weight is 548 g/mol. The number of carbonyl (C=O) groups is 2. The Morgan fingerprint density at radius 3 is 2.11 bits per heavy atom. The van der Waals surface area contributed by atoms with Crippen molar-refractivity contribution in [2.24, 2.45) is 0 Å². The zero-order valence-electron chi connectivity index (χ0n) is 19.9. The van der Waals surface area contributed by atoms with Crippen LogP contribution in [0.2, 0.25) is 10.0 Å². The topological polar surface area (TPSA) is 86.8 Å². The molecule has 0 heterocycles. The summed E-state index contributed by atoms with van der Waals surface area (Å²) in [6, 6.07) is 20.9. The maximum atomic E-state index is 13.6. The van der Waals surface area contributed by atoms with Gasteiger partial charge in [0.1, 0.15) is 12.6 Å². The van der Waals surface area contributed by atoms with Gasteiger partial charge in [-0.25, -0.2) is 8.42 Å². The van der Waals surface area contributed by atoms with E-state index in [0.717, 1.165) is 9.87 Å². The van der Waals surface area contributed by atoms with Gasteiger partial charge in [-0.05, 0) is 49.2 Å². The van der Waals surface area contributed by atoms with Crippen molar-refractivity contribution in [2.45, 2.75) is 24.3 Å². The predicted molar refractivity (Wildman–Crippen MR) is 143 cm³/mol. The van der Waals surface area contributed by atoms with Crippen LogP contribution in [0.4, 0.5) is 5.69 Å². The molecule has 3 aromatic carbocycles. The fourth-order valence-corrected chi connectivity index (χ4v) is 5.39. The molecule has 10 heteroatoms. The van der Waals surface area contributed by atoms with Crippen molar-refractivity contribution in [1.29, 1.82) is 0 Å². The lowest BCUT2D eigenvalue weighted by Gasteiger charge is -2.31. The SMILES string of the molecule is CNC(=O)C(C)N(CCc1ccccc1)C(=O)CN(c1ccc(Cl)c(Cl)c1)S(=O)(=O)c1ccccc1. The summed E-state index contributed by atoms with van der Waals surface area (Å²) in [6.07, 6.45) is 0.492. The summed E-state index contributed by atoms with van der Waals surface area (Å²) in [7, 11) is -2.66. The Morgan fingerprint density at radius 2 is 1.53 bits per heavy atom. The van der Waals surface area contributed by atoms with E-state index >= 15 is 0 Å². The molecule has 1 atom stereocenters. The molecule has 0 bridgehead atoms. The minimum absolute atomic E-state index is 0.0130. The lowest BCUT2D eigenvalue weighted by molar-refractivity contribution is -0.138. The zero-order valence-corrected chi connectivity index (χ0v) is 22.2. The number of nitrogens with zero attached hydrogens (tertiary/aromatic N) is 2. The number of likely N-dealkylation sites (N-methyl/N-ethyl adjacent to an activating group) is 1.